The maximum Gasteiger partial charge on any atom is 0.263 e. The number of hydrogen-bond acceptors (Lipinski definition) is 5. The van der Waals surface area contributed by atoms with Gasteiger partial charge in [0.15, 0.2) is 5.84 Å². The molecule has 1 amide bonds. The van der Waals surface area contributed by atoms with Gasteiger partial charge in [-0.15, -0.1) is 11.8 Å². The Bertz CT molecular complexity index is 502. The zero-order chi connectivity index (χ0) is 11.8. The predicted molar refractivity (Wildman–Crippen MR) is 68.5 cm³/mol. The molecule has 2 aliphatic heterocycles. The van der Waals surface area contributed by atoms with Crippen LogP contribution < -0.4 is 11.2 Å². The number of rotatable bonds is 1. The molecule has 1 saturated heterocycles. The summed E-state index contributed by atoms with van der Waals surface area (Å²) in [6, 6.07) is 7.45. The fraction of sp³-hybridized carbons (Fsp3) is 0.273. The number of carbonyl (C=O) groups is 1. The number of fused-ring (bicyclic) bond motifs is 1. The monoisotopic (exact) mass is 248 g/mol. The van der Waals surface area contributed by atoms with Crippen LogP contribution in [0.4, 0.5) is 5.69 Å². The van der Waals surface area contributed by atoms with Crippen molar-refractivity contribution < 1.29 is 4.79 Å². The van der Waals surface area contributed by atoms with Crippen molar-refractivity contribution in [1.82, 2.24) is 10.3 Å². The van der Waals surface area contributed by atoms with E-state index in [2.05, 4.69) is 10.5 Å². The Labute approximate surface area is 103 Å². The molecule has 1 atom stereocenters. The SMILES string of the molecule is Nc1cccc(C2=NNC(=O)[C@@H]3CSCN23)c1. The number of nitrogens with two attached hydrogens (primary N) is 1. The second-order valence-electron chi connectivity index (χ2n) is 4.02. The third-order valence-corrected chi connectivity index (χ3v) is 3.89. The molecule has 0 unspecified atom stereocenters. The van der Waals surface area contributed by atoms with Crippen molar-refractivity contribution in [1.29, 1.82) is 0 Å². The fourth-order valence-electron chi connectivity index (χ4n) is 2.02. The van der Waals surface area contributed by atoms with E-state index in [1.165, 1.54) is 0 Å². The van der Waals surface area contributed by atoms with E-state index in [1.54, 1.807) is 11.8 Å². The summed E-state index contributed by atoms with van der Waals surface area (Å²) in [6.45, 7) is 0. The molecule has 88 valence electrons. The summed E-state index contributed by atoms with van der Waals surface area (Å²) in [5, 5.41) is 4.14. The lowest BCUT2D eigenvalue weighted by molar-refractivity contribution is -0.124. The minimum Gasteiger partial charge on any atom is -0.399 e. The van der Waals surface area contributed by atoms with Crippen LogP contribution in [0.1, 0.15) is 5.56 Å². The number of carbonyl (C=O) groups excluding carboxylic acids is 1. The molecule has 0 spiro atoms. The van der Waals surface area contributed by atoms with Crippen LogP contribution in [-0.2, 0) is 4.79 Å². The number of anilines is 1. The molecule has 0 bridgehead atoms. The lowest BCUT2D eigenvalue weighted by atomic mass is 10.1. The van der Waals surface area contributed by atoms with Crippen molar-refractivity contribution in [2.45, 2.75) is 6.04 Å². The molecular formula is C11H12N4OS. The van der Waals surface area contributed by atoms with E-state index >= 15 is 0 Å². The first-order chi connectivity index (χ1) is 8.25. The van der Waals surface area contributed by atoms with Gasteiger partial charge in [0.2, 0.25) is 0 Å². The lowest BCUT2D eigenvalue weighted by Crippen LogP contribution is -2.51. The molecule has 1 aromatic rings. The first kappa shape index (κ1) is 10.5. The lowest BCUT2D eigenvalue weighted by Gasteiger charge is -2.29. The van der Waals surface area contributed by atoms with Crippen molar-refractivity contribution in [3.63, 3.8) is 0 Å². The first-order valence-electron chi connectivity index (χ1n) is 5.33. The Morgan fingerprint density at radius 2 is 2.41 bits per heavy atom. The number of thioether (sulfide) groups is 1. The molecular weight excluding hydrogens is 236 g/mol. The molecule has 1 fully saturated rings. The standard InChI is InChI=1S/C11H12N4OS/c12-8-3-1-2-7(4-8)10-13-14-11(16)9-5-17-6-15(9)10/h1-4,9H,5-6,12H2,(H,14,16)/t9-/m0/s1. The zero-order valence-electron chi connectivity index (χ0n) is 9.09. The Balaban J connectivity index is 2.00. The predicted octanol–water partition coefficient (Wildman–Crippen LogP) is 0.435. The molecule has 1 aromatic carbocycles. The Hall–Kier alpha value is -1.69. The summed E-state index contributed by atoms with van der Waals surface area (Å²) in [7, 11) is 0. The van der Waals surface area contributed by atoms with Gasteiger partial charge in [-0.25, -0.2) is 5.43 Å². The number of nitrogens with zero attached hydrogens (tertiary/aromatic N) is 2. The van der Waals surface area contributed by atoms with Crippen LogP contribution in [-0.4, -0.2) is 34.3 Å². The van der Waals surface area contributed by atoms with Gasteiger partial charge in [-0.1, -0.05) is 12.1 Å². The molecule has 5 nitrogen and oxygen atoms in total. The van der Waals surface area contributed by atoms with E-state index in [4.69, 9.17) is 5.73 Å². The minimum atomic E-state index is -0.103. The maximum absolute atomic E-state index is 11.6. The Morgan fingerprint density at radius 1 is 1.53 bits per heavy atom. The highest BCUT2D eigenvalue weighted by molar-refractivity contribution is 7.99. The number of amides is 1. The highest BCUT2D eigenvalue weighted by Gasteiger charge is 2.36. The van der Waals surface area contributed by atoms with Crippen molar-refractivity contribution in [3.05, 3.63) is 29.8 Å². The summed E-state index contributed by atoms with van der Waals surface area (Å²) >= 11 is 1.74. The summed E-state index contributed by atoms with van der Waals surface area (Å²) in [6.07, 6.45) is 0. The number of benzene rings is 1. The van der Waals surface area contributed by atoms with E-state index in [0.29, 0.717) is 5.69 Å². The van der Waals surface area contributed by atoms with E-state index in [-0.39, 0.29) is 11.9 Å². The van der Waals surface area contributed by atoms with Gasteiger partial charge in [0.25, 0.3) is 5.91 Å². The van der Waals surface area contributed by atoms with Crippen molar-refractivity contribution in [2.24, 2.45) is 5.10 Å². The zero-order valence-corrected chi connectivity index (χ0v) is 9.91. The topological polar surface area (TPSA) is 70.7 Å². The van der Waals surface area contributed by atoms with Gasteiger partial charge in [0.05, 0.1) is 5.88 Å². The van der Waals surface area contributed by atoms with Crippen LogP contribution in [0.15, 0.2) is 29.4 Å². The van der Waals surface area contributed by atoms with Gasteiger partial charge in [-0.2, -0.15) is 5.10 Å². The Morgan fingerprint density at radius 3 is 3.24 bits per heavy atom. The summed E-state index contributed by atoms with van der Waals surface area (Å²) in [5.41, 5.74) is 9.98. The third-order valence-electron chi connectivity index (χ3n) is 2.87. The van der Waals surface area contributed by atoms with Crippen LogP contribution in [0.5, 0.6) is 0 Å². The van der Waals surface area contributed by atoms with Gasteiger partial charge >= 0.3 is 0 Å². The average Bonchev–Trinajstić information content (AvgIpc) is 2.79. The largest absolute Gasteiger partial charge is 0.399 e. The van der Waals surface area contributed by atoms with Crippen molar-refractivity contribution in [2.75, 3.05) is 17.4 Å². The van der Waals surface area contributed by atoms with Crippen LogP contribution in [0.2, 0.25) is 0 Å². The van der Waals surface area contributed by atoms with Crippen molar-refractivity contribution in [3.8, 4) is 0 Å². The smallest absolute Gasteiger partial charge is 0.263 e. The van der Waals surface area contributed by atoms with Gasteiger partial charge in [0, 0.05) is 17.0 Å². The molecule has 6 heteroatoms. The summed E-state index contributed by atoms with van der Waals surface area (Å²) in [5.74, 6) is 2.38. The molecule has 0 saturated carbocycles. The van der Waals surface area contributed by atoms with Crippen molar-refractivity contribution >= 4 is 29.2 Å². The summed E-state index contributed by atoms with van der Waals surface area (Å²) < 4.78 is 0. The van der Waals surface area contributed by atoms with Crippen LogP contribution in [0, 0.1) is 0 Å². The number of hydrogen-bond donors (Lipinski definition) is 2. The molecule has 3 N–H and O–H groups in total. The highest BCUT2D eigenvalue weighted by Crippen LogP contribution is 2.26. The van der Waals surface area contributed by atoms with E-state index in [9.17, 15) is 4.79 Å². The third kappa shape index (κ3) is 1.74. The molecule has 2 aliphatic rings. The second-order valence-corrected chi connectivity index (χ2v) is 5.02. The average molecular weight is 248 g/mol. The van der Waals surface area contributed by atoms with Gasteiger partial charge in [-0.05, 0) is 12.1 Å². The van der Waals surface area contributed by atoms with Crippen LogP contribution >= 0.6 is 11.8 Å². The first-order valence-corrected chi connectivity index (χ1v) is 6.49. The Kier molecular flexibility index (Phi) is 2.44. The fourth-order valence-corrected chi connectivity index (χ4v) is 3.18. The second kappa shape index (κ2) is 3.96. The van der Waals surface area contributed by atoms with Crippen LogP contribution in [0.25, 0.3) is 0 Å². The van der Waals surface area contributed by atoms with Gasteiger partial charge < -0.3 is 10.6 Å². The highest BCUT2D eigenvalue weighted by atomic mass is 32.2. The molecule has 3 rings (SSSR count). The molecule has 2 heterocycles. The number of amidine groups is 1. The van der Waals surface area contributed by atoms with E-state index in [1.807, 2.05) is 29.2 Å². The number of nitrogen functional groups attached to an aromatic ring is 1. The minimum absolute atomic E-state index is 0.0253. The quantitative estimate of drug-likeness (QED) is 0.707. The summed E-state index contributed by atoms with van der Waals surface area (Å²) in [4.78, 5) is 13.6. The maximum atomic E-state index is 11.6. The molecule has 17 heavy (non-hydrogen) atoms. The van der Waals surface area contributed by atoms with E-state index in [0.717, 1.165) is 23.0 Å². The number of nitrogens with one attached hydrogen (secondary N) is 1. The van der Waals surface area contributed by atoms with Gasteiger partial charge in [0.1, 0.15) is 6.04 Å². The molecule has 0 aromatic heterocycles. The number of hydrazone groups is 1. The van der Waals surface area contributed by atoms with Gasteiger partial charge in [-0.3, -0.25) is 4.79 Å². The molecule has 0 radical (unpaired) electrons. The normalized spacial score (nSPS) is 23.1. The molecule has 0 aliphatic carbocycles. The van der Waals surface area contributed by atoms with Crippen LogP contribution in [0.3, 0.4) is 0 Å². The van der Waals surface area contributed by atoms with E-state index < -0.39 is 0 Å².